The molecule has 0 heterocycles. The molecule has 0 saturated heterocycles. The van der Waals surface area contributed by atoms with Crippen molar-refractivity contribution in [2.75, 3.05) is 6.61 Å². The number of ether oxygens (including phenoxy) is 1. The molecule has 3 fully saturated rings. The number of aliphatic hydroxyl groups is 1. The van der Waals surface area contributed by atoms with E-state index in [1.807, 2.05) is 0 Å². The van der Waals surface area contributed by atoms with Gasteiger partial charge in [-0.3, -0.25) is 10.2 Å². The van der Waals surface area contributed by atoms with E-state index in [0.717, 1.165) is 37.5 Å². The Hall–Kier alpha value is -0.910. The van der Waals surface area contributed by atoms with Gasteiger partial charge in [-0.1, -0.05) is 45.8 Å². The average Bonchev–Trinajstić information content (AvgIpc) is 3.01. The molecule has 4 rings (SSSR count). The SMILES string of the molecule is CC12CCC(OCC(=O)NN)C=C1CCC1C2CCC2(C)C(O)CCC12.CCC. The Balaban J connectivity index is 0.000000755. The molecule has 5 heteroatoms. The molecule has 0 aliphatic heterocycles. The van der Waals surface area contributed by atoms with Crippen LogP contribution in [0.15, 0.2) is 11.6 Å². The largest absolute Gasteiger partial charge is 0.393 e. The molecule has 4 N–H and O–H groups in total. The van der Waals surface area contributed by atoms with Gasteiger partial charge in [0.25, 0.3) is 5.91 Å². The zero-order valence-electron chi connectivity index (χ0n) is 18.9. The number of hydrogen-bond donors (Lipinski definition) is 3. The van der Waals surface area contributed by atoms with Crippen LogP contribution in [0.1, 0.15) is 85.5 Å². The van der Waals surface area contributed by atoms with Gasteiger partial charge in [0.05, 0.1) is 12.2 Å². The summed E-state index contributed by atoms with van der Waals surface area (Å²) in [5.41, 5.74) is 4.09. The first kappa shape index (κ1) is 22.8. The Morgan fingerprint density at radius 1 is 1.17 bits per heavy atom. The summed E-state index contributed by atoms with van der Waals surface area (Å²) in [6.07, 6.45) is 12.6. The molecule has 1 amide bonds. The summed E-state index contributed by atoms with van der Waals surface area (Å²) >= 11 is 0. The predicted octanol–water partition coefficient (Wildman–Crippen LogP) is 4.10. The summed E-state index contributed by atoms with van der Waals surface area (Å²) in [5, 5.41) is 10.6. The van der Waals surface area contributed by atoms with E-state index in [-0.39, 0.29) is 35.6 Å². The third-order valence-electron chi connectivity index (χ3n) is 8.61. The quantitative estimate of drug-likeness (QED) is 0.285. The summed E-state index contributed by atoms with van der Waals surface area (Å²) in [7, 11) is 0. The van der Waals surface area contributed by atoms with E-state index in [1.165, 1.54) is 32.1 Å². The van der Waals surface area contributed by atoms with Crippen LogP contribution in [-0.2, 0) is 9.53 Å². The molecular weight excluding hydrogens is 364 g/mol. The summed E-state index contributed by atoms with van der Waals surface area (Å²) < 4.78 is 5.76. The van der Waals surface area contributed by atoms with Crippen molar-refractivity contribution in [1.29, 1.82) is 0 Å². The van der Waals surface area contributed by atoms with Crippen LogP contribution in [0.4, 0.5) is 0 Å². The number of hydrazine groups is 1. The van der Waals surface area contributed by atoms with Crippen LogP contribution < -0.4 is 11.3 Å². The number of carbonyl (C=O) groups is 1. The molecule has 5 nitrogen and oxygen atoms in total. The highest BCUT2D eigenvalue weighted by Crippen LogP contribution is 2.65. The molecule has 0 aromatic rings. The summed E-state index contributed by atoms with van der Waals surface area (Å²) in [4.78, 5) is 11.3. The van der Waals surface area contributed by atoms with Gasteiger partial charge in [-0.2, -0.15) is 0 Å². The lowest BCUT2D eigenvalue weighted by Crippen LogP contribution is -2.51. The zero-order chi connectivity index (χ0) is 21.2. The van der Waals surface area contributed by atoms with E-state index in [1.54, 1.807) is 5.57 Å². The van der Waals surface area contributed by atoms with Crippen molar-refractivity contribution in [2.24, 2.45) is 34.4 Å². The second-order valence-electron chi connectivity index (χ2n) is 10.3. The van der Waals surface area contributed by atoms with E-state index < -0.39 is 0 Å². The van der Waals surface area contributed by atoms with E-state index in [9.17, 15) is 9.90 Å². The third-order valence-corrected chi connectivity index (χ3v) is 8.61. The van der Waals surface area contributed by atoms with Crippen LogP contribution >= 0.6 is 0 Å². The Labute approximate surface area is 176 Å². The second kappa shape index (κ2) is 9.07. The number of fused-ring (bicyclic) bond motifs is 5. The van der Waals surface area contributed by atoms with Crippen molar-refractivity contribution >= 4 is 5.91 Å². The van der Waals surface area contributed by atoms with Gasteiger partial charge >= 0.3 is 0 Å². The van der Waals surface area contributed by atoms with Crippen molar-refractivity contribution in [3.8, 4) is 0 Å². The number of nitrogens with one attached hydrogen (secondary N) is 1. The summed E-state index contributed by atoms with van der Waals surface area (Å²) in [5.74, 6) is 7.05. The summed E-state index contributed by atoms with van der Waals surface area (Å²) in [6, 6.07) is 0. The van der Waals surface area contributed by atoms with Crippen LogP contribution in [0, 0.1) is 28.6 Å². The third kappa shape index (κ3) is 4.15. The van der Waals surface area contributed by atoms with Gasteiger partial charge in [-0.15, -0.1) is 0 Å². The van der Waals surface area contributed by atoms with Crippen LogP contribution in [-0.4, -0.2) is 29.8 Å². The molecule has 7 unspecified atom stereocenters. The van der Waals surface area contributed by atoms with E-state index in [4.69, 9.17) is 10.6 Å². The molecule has 166 valence electrons. The molecule has 0 aromatic carbocycles. The van der Waals surface area contributed by atoms with Crippen LogP contribution in [0.5, 0.6) is 0 Å². The van der Waals surface area contributed by atoms with Crippen LogP contribution in [0.3, 0.4) is 0 Å². The number of allylic oxidation sites excluding steroid dienone is 1. The van der Waals surface area contributed by atoms with Gasteiger partial charge < -0.3 is 9.84 Å². The smallest absolute Gasteiger partial charge is 0.259 e. The number of hydrogen-bond acceptors (Lipinski definition) is 4. The Kier molecular flexibility index (Phi) is 7.12. The van der Waals surface area contributed by atoms with Gasteiger partial charge in [0.15, 0.2) is 0 Å². The fourth-order valence-electron chi connectivity index (χ4n) is 7.02. The van der Waals surface area contributed by atoms with E-state index in [2.05, 4.69) is 39.2 Å². The highest BCUT2D eigenvalue weighted by molar-refractivity contribution is 5.76. The fourth-order valence-corrected chi connectivity index (χ4v) is 7.02. The average molecular weight is 407 g/mol. The molecule has 29 heavy (non-hydrogen) atoms. The normalized spacial score (nSPS) is 43.1. The van der Waals surface area contributed by atoms with Crippen LogP contribution in [0.2, 0.25) is 0 Å². The molecule has 3 saturated carbocycles. The molecule has 0 radical (unpaired) electrons. The maximum absolute atomic E-state index is 11.3. The van der Waals surface area contributed by atoms with Crippen molar-refractivity contribution < 1.29 is 14.6 Å². The number of amides is 1. The van der Waals surface area contributed by atoms with Gasteiger partial charge in [-0.05, 0) is 80.0 Å². The van der Waals surface area contributed by atoms with E-state index in [0.29, 0.717) is 5.92 Å². The molecule has 0 spiro atoms. The predicted molar refractivity (Wildman–Crippen MR) is 116 cm³/mol. The lowest BCUT2D eigenvalue weighted by Gasteiger charge is -2.58. The number of aliphatic hydroxyl groups excluding tert-OH is 1. The fraction of sp³-hybridized carbons (Fsp3) is 0.875. The topological polar surface area (TPSA) is 84.6 Å². The molecule has 0 aromatic heterocycles. The van der Waals surface area contributed by atoms with Crippen molar-refractivity contribution in [1.82, 2.24) is 5.43 Å². The monoisotopic (exact) mass is 406 g/mol. The first-order valence-corrected chi connectivity index (χ1v) is 11.8. The van der Waals surface area contributed by atoms with Crippen molar-refractivity contribution in [2.45, 2.75) is 97.7 Å². The second-order valence-corrected chi connectivity index (χ2v) is 10.3. The Morgan fingerprint density at radius 2 is 1.90 bits per heavy atom. The van der Waals surface area contributed by atoms with Crippen molar-refractivity contribution in [3.05, 3.63) is 11.6 Å². The minimum Gasteiger partial charge on any atom is -0.393 e. The first-order valence-electron chi connectivity index (χ1n) is 11.8. The highest BCUT2D eigenvalue weighted by Gasteiger charge is 2.58. The molecular formula is C24H42N2O3. The molecule has 7 atom stereocenters. The van der Waals surface area contributed by atoms with Crippen LogP contribution in [0.25, 0.3) is 0 Å². The minimum absolute atomic E-state index is 0.0338. The lowest BCUT2D eigenvalue weighted by molar-refractivity contribution is -0.127. The van der Waals surface area contributed by atoms with Gasteiger partial charge in [0, 0.05) is 0 Å². The number of nitrogens with two attached hydrogens (primary N) is 1. The number of rotatable bonds is 3. The molecule has 4 aliphatic rings. The minimum atomic E-state index is -0.271. The Morgan fingerprint density at radius 3 is 2.59 bits per heavy atom. The van der Waals surface area contributed by atoms with E-state index >= 15 is 0 Å². The molecule has 4 aliphatic carbocycles. The highest BCUT2D eigenvalue weighted by atomic mass is 16.5. The number of carbonyl (C=O) groups excluding carboxylic acids is 1. The summed E-state index contributed by atoms with van der Waals surface area (Å²) in [6.45, 7) is 9.09. The molecule has 0 bridgehead atoms. The lowest BCUT2D eigenvalue weighted by atomic mass is 9.47. The maximum atomic E-state index is 11.3. The first-order chi connectivity index (χ1) is 13.8. The van der Waals surface area contributed by atoms with Gasteiger partial charge in [0.2, 0.25) is 0 Å². The van der Waals surface area contributed by atoms with Gasteiger partial charge in [-0.25, -0.2) is 5.84 Å². The van der Waals surface area contributed by atoms with Gasteiger partial charge in [0.1, 0.15) is 6.61 Å². The Bertz CT molecular complexity index is 621. The standard InChI is InChI=1S/C21H34N2O3.C3H8/c1-20-9-7-14(26-12-19(25)23-22)11-13(20)3-4-15-16-5-6-18(24)21(16,2)10-8-17(15)20;1-3-2/h11,14-18,24H,3-10,12,22H2,1-2H3,(H,23,25);3H2,1-2H3. The maximum Gasteiger partial charge on any atom is 0.259 e. The zero-order valence-corrected chi connectivity index (χ0v) is 18.9. The van der Waals surface area contributed by atoms with Crippen molar-refractivity contribution in [3.63, 3.8) is 0 Å².